The van der Waals surface area contributed by atoms with E-state index in [1.807, 2.05) is 5.32 Å². The number of carbonyl (C=O) groups is 5. The second kappa shape index (κ2) is 9.86. The standard InChI is InChI=1S/C14H20N6O7/c15-7(2-10(16)21)12(24)19-8(1-6-4-17-5-18-6)13(25)20-9(14(26)27)3-11(22)23/h4-5,7-9H,1-3,15H2,(H2,16,21)(H,17,18)(H,19,24)(H,20,25)(H,22,23)(H,26,27)/t7-,8-,9-/m0/s1. The van der Waals surface area contributed by atoms with Crippen molar-refractivity contribution in [2.24, 2.45) is 11.5 Å². The number of nitrogens with two attached hydrogens (primary N) is 2. The van der Waals surface area contributed by atoms with Gasteiger partial charge in [-0.1, -0.05) is 0 Å². The highest BCUT2D eigenvalue weighted by Crippen LogP contribution is 2.02. The molecule has 0 aliphatic heterocycles. The fourth-order valence-electron chi connectivity index (χ4n) is 2.06. The summed E-state index contributed by atoms with van der Waals surface area (Å²) in [5.41, 5.74) is 10.9. The molecular weight excluding hydrogens is 364 g/mol. The predicted molar refractivity (Wildman–Crippen MR) is 87.8 cm³/mol. The third kappa shape index (κ3) is 7.52. The van der Waals surface area contributed by atoms with E-state index in [4.69, 9.17) is 21.7 Å². The van der Waals surface area contributed by atoms with Crippen molar-refractivity contribution in [1.82, 2.24) is 20.6 Å². The second-order valence-electron chi connectivity index (χ2n) is 5.62. The molecule has 0 unspecified atom stereocenters. The molecule has 0 radical (unpaired) electrons. The molecular formula is C14H20N6O7. The average molecular weight is 384 g/mol. The number of aliphatic carboxylic acids is 2. The number of H-pyrrole nitrogens is 1. The molecule has 0 aromatic carbocycles. The van der Waals surface area contributed by atoms with Gasteiger partial charge in [0.05, 0.1) is 25.2 Å². The van der Waals surface area contributed by atoms with Crippen LogP contribution in [0.2, 0.25) is 0 Å². The number of carboxylic acids is 2. The number of rotatable bonds is 11. The van der Waals surface area contributed by atoms with Crippen LogP contribution in [0.15, 0.2) is 12.5 Å². The lowest BCUT2D eigenvalue weighted by molar-refractivity contribution is -0.147. The number of nitrogens with one attached hydrogen (secondary N) is 3. The third-order valence-electron chi connectivity index (χ3n) is 3.36. The summed E-state index contributed by atoms with van der Waals surface area (Å²) in [7, 11) is 0. The van der Waals surface area contributed by atoms with E-state index in [9.17, 15) is 24.0 Å². The summed E-state index contributed by atoms with van der Waals surface area (Å²) in [6.45, 7) is 0. The van der Waals surface area contributed by atoms with E-state index in [0.29, 0.717) is 5.69 Å². The second-order valence-corrected chi connectivity index (χ2v) is 5.62. The van der Waals surface area contributed by atoms with E-state index in [1.165, 1.54) is 12.5 Å². The normalized spacial score (nSPS) is 13.8. The van der Waals surface area contributed by atoms with Gasteiger partial charge in [0.1, 0.15) is 12.1 Å². The fraction of sp³-hybridized carbons (Fsp3) is 0.429. The summed E-state index contributed by atoms with van der Waals surface area (Å²) in [6, 6.07) is -4.31. The Bertz CT molecular complexity index is 705. The summed E-state index contributed by atoms with van der Waals surface area (Å²) in [4.78, 5) is 63.6. The Morgan fingerprint density at radius 1 is 1.07 bits per heavy atom. The average Bonchev–Trinajstić information content (AvgIpc) is 3.05. The quantitative estimate of drug-likeness (QED) is 0.202. The zero-order chi connectivity index (χ0) is 20.6. The molecule has 13 nitrogen and oxygen atoms in total. The highest BCUT2D eigenvalue weighted by atomic mass is 16.4. The van der Waals surface area contributed by atoms with E-state index in [2.05, 4.69) is 15.3 Å². The lowest BCUT2D eigenvalue weighted by Gasteiger charge is -2.22. The fourth-order valence-corrected chi connectivity index (χ4v) is 2.06. The van der Waals surface area contributed by atoms with Crippen LogP contribution < -0.4 is 22.1 Å². The number of nitrogens with zero attached hydrogens (tertiary/aromatic N) is 1. The van der Waals surface area contributed by atoms with Crippen molar-refractivity contribution in [3.63, 3.8) is 0 Å². The van der Waals surface area contributed by atoms with Gasteiger partial charge in [0.15, 0.2) is 0 Å². The van der Waals surface area contributed by atoms with E-state index >= 15 is 0 Å². The highest BCUT2D eigenvalue weighted by molar-refractivity contribution is 5.94. The van der Waals surface area contributed by atoms with Crippen molar-refractivity contribution < 1.29 is 34.2 Å². The molecule has 0 aliphatic rings. The van der Waals surface area contributed by atoms with Gasteiger partial charge >= 0.3 is 11.9 Å². The minimum absolute atomic E-state index is 0.111. The van der Waals surface area contributed by atoms with Gasteiger partial charge in [0.2, 0.25) is 17.7 Å². The Labute approximate surface area is 152 Å². The number of aromatic nitrogens is 2. The number of carboxylic acid groups (broad SMARTS) is 2. The van der Waals surface area contributed by atoms with Gasteiger partial charge in [-0.05, 0) is 0 Å². The minimum Gasteiger partial charge on any atom is -0.481 e. The Hall–Kier alpha value is -3.48. The van der Waals surface area contributed by atoms with Crippen molar-refractivity contribution in [2.75, 3.05) is 0 Å². The Morgan fingerprint density at radius 3 is 2.19 bits per heavy atom. The van der Waals surface area contributed by atoms with Gasteiger partial charge in [-0.2, -0.15) is 0 Å². The molecule has 0 bridgehead atoms. The molecule has 1 aromatic rings. The van der Waals surface area contributed by atoms with Gasteiger partial charge < -0.3 is 37.3 Å². The zero-order valence-corrected chi connectivity index (χ0v) is 14.0. The number of imidazole rings is 1. The lowest BCUT2D eigenvalue weighted by atomic mass is 10.1. The molecule has 3 atom stereocenters. The maximum atomic E-state index is 12.4. The highest BCUT2D eigenvalue weighted by Gasteiger charge is 2.30. The van der Waals surface area contributed by atoms with Crippen LogP contribution in [0.3, 0.4) is 0 Å². The molecule has 0 aliphatic carbocycles. The number of aromatic amines is 1. The van der Waals surface area contributed by atoms with Crippen molar-refractivity contribution in [3.8, 4) is 0 Å². The van der Waals surface area contributed by atoms with Crippen molar-refractivity contribution >= 4 is 29.7 Å². The molecule has 13 heteroatoms. The number of hydrogen-bond donors (Lipinski definition) is 7. The van der Waals surface area contributed by atoms with Crippen LogP contribution in [-0.2, 0) is 30.4 Å². The van der Waals surface area contributed by atoms with Crippen LogP contribution in [0, 0.1) is 0 Å². The molecule has 0 saturated carbocycles. The number of carbonyl (C=O) groups excluding carboxylic acids is 3. The first-order chi connectivity index (χ1) is 12.6. The van der Waals surface area contributed by atoms with Crippen LogP contribution in [-0.4, -0.2) is 68.0 Å². The molecule has 1 heterocycles. The van der Waals surface area contributed by atoms with Crippen molar-refractivity contribution in [1.29, 1.82) is 0 Å². The maximum absolute atomic E-state index is 12.4. The monoisotopic (exact) mass is 384 g/mol. The summed E-state index contributed by atoms with van der Waals surface area (Å²) in [5.74, 6) is -5.61. The first-order valence-electron chi connectivity index (χ1n) is 7.66. The van der Waals surface area contributed by atoms with Crippen LogP contribution >= 0.6 is 0 Å². The zero-order valence-electron chi connectivity index (χ0n) is 14.0. The van der Waals surface area contributed by atoms with E-state index in [0.717, 1.165) is 0 Å². The van der Waals surface area contributed by atoms with Gasteiger partial charge in [-0.15, -0.1) is 0 Å². The number of hydrogen-bond acceptors (Lipinski definition) is 7. The minimum atomic E-state index is -1.70. The Kier molecular flexibility index (Phi) is 7.88. The lowest BCUT2D eigenvalue weighted by Crippen LogP contribution is -2.55. The Balaban J connectivity index is 2.90. The smallest absolute Gasteiger partial charge is 0.326 e. The topological polar surface area (TPSA) is 231 Å². The number of primary amides is 1. The van der Waals surface area contributed by atoms with E-state index in [-0.39, 0.29) is 6.42 Å². The summed E-state index contributed by atoms with van der Waals surface area (Å²) < 4.78 is 0. The van der Waals surface area contributed by atoms with Gasteiger partial charge in [-0.3, -0.25) is 19.2 Å². The largest absolute Gasteiger partial charge is 0.481 e. The predicted octanol–water partition coefficient (Wildman–Crippen LogP) is -3.32. The maximum Gasteiger partial charge on any atom is 0.326 e. The summed E-state index contributed by atoms with van der Waals surface area (Å²) in [5, 5.41) is 22.1. The van der Waals surface area contributed by atoms with Crippen LogP contribution in [0.1, 0.15) is 18.5 Å². The number of amides is 3. The van der Waals surface area contributed by atoms with Crippen molar-refractivity contribution in [3.05, 3.63) is 18.2 Å². The molecule has 9 N–H and O–H groups in total. The summed E-state index contributed by atoms with van der Waals surface area (Å²) >= 11 is 0. The molecule has 0 saturated heterocycles. The van der Waals surface area contributed by atoms with E-state index < -0.39 is 60.6 Å². The third-order valence-corrected chi connectivity index (χ3v) is 3.36. The molecule has 148 valence electrons. The molecule has 1 rings (SSSR count). The molecule has 0 fully saturated rings. The first kappa shape index (κ1) is 21.6. The molecule has 3 amide bonds. The van der Waals surface area contributed by atoms with Crippen LogP contribution in [0.5, 0.6) is 0 Å². The van der Waals surface area contributed by atoms with Crippen LogP contribution in [0.25, 0.3) is 0 Å². The Morgan fingerprint density at radius 2 is 1.70 bits per heavy atom. The molecule has 1 aromatic heterocycles. The van der Waals surface area contributed by atoms with Crippen molar-refractivity contribution in [2.45, 2.75) is 37.4 Å². The van der Waals surface area contributed by atoms with E-state index in [1.54, 1.807) is 0 Å². The van der Waals surface area contributed by atoms with Gasteiger partial charge in [-0.25, -0.2) is 9.78 Å². The summed E-state index contributed by atoms with van der Waals surface area (Å²) in [6.07, 6.45) is 1.28. The SMILES string of the molecule is NC(=O)C[C@H](N)C(=O)N[C@@H](Cc1cnc[nH]1)C(=O)N[C@@H](CC(=O)O)C(=O)O. The van der Waals surface area contributed by atoms with Gasteiger partial charge in [0.25, 0.3) is 0 Å². The molecule has 0 spiro atoms. The molecule has 27 heavy (non-hydrogen) atoms. The van der Waals surface area contributed by atoms with Crippen LogP contribution in [0.4, 0.5) is 0 Å². The van der Waals surface area contributed by atoms with Gasteiger partial charge in [0, 0.05) is 18.3 Å². The first-order valence-corrected chi connectivity index (χ1v) is 7.66.